The molecule has 4 N–H and O–H groups in total. The Morgan fingerprint density at radius 3 is 2.23 bits per heavy atom. The molecular weight excluding hydrogens is 594 g/mol. The third kappa shape index (κ3) is 9.72. The number of carbonyl (C=O) groups excluding carboxylic acids is 3. The van der Waals surface area contributed by atoms with Gasteiger partial charge in [-0.1, -0.05) is 68.3 Å². The number of ether oxygens (including phenoxy) is 1. The van der Waals surface area contributed by atoms with Gasteiger partial charge in [-0.3, -0.25) is 9.59 Å². The SMILES string of the molecule is CCCCCN(C(=O)C(Cc1ccc(O)cc1)NC(=O)OC(C)(C)C)C(C(=O)Nc1ccc2ccccc2c1)c1ccc(O)c(C)c1. The van der Waals surface area contributed by atoms with Gasteiger partial charge in [0.1, 0.15) is 29.2 Å². The number of unbranched alkanes of at least 4 members (excludes halogenated alkanes) is 2. The highest BCUT2D eigenvalue weighted by Crippen LogP contribution is 2.30. The first-order valence-corrected chi connectivity index (χ1v) is 16.0. The van der Waals surface area contributed by atoms with E-state index in [1.54, 1.807) is 52.0 Å². The minimum atomic E-state index is -1.09. The van der Waals surface area contributed by atoms with E-state index in [0.717, 1.165) is 23.6 Å². The average Bonchev–Trinajstić information content (AvgIpc) is 3.01. The van der Waals surface area contributed by atoms with E-state index in [0.29, 0.717) is 28.8 Å². The Hall–Kier alpha value is -5.05. The molecule has 0 heterocycles. The number of hydrogen-bond acceptors (Lipinski definition) is 6. The van der Waals surface area contributed by atoms with Crippen LogP contribution in [0.2, 0.25) is 0 Å². The molecule has 9 heteroatoms. The van der Waals surface area contributed by atoms with E-state index in [4.69, 9.17) is 4.74 Å². The lowest BCUT2D eigenvalue weighted by Gasteiger charge is -2.35. The lowest BCUT2D eigenvalue weighted by Crippen LogP contribution is -2.53. The van der Waals surface area contributed by atoms with Crippen LogP contribution in [0.5, 0.6) is 11.5 Å². The van der Waals surface area contributed by atoms with Crippen LogP contribution in [0.4, 0.5) is 10.5 Å². The van der Waals surface area contributed by atoms with Crippen LogP contribution in [-0.4, -0.2) is 51.2 Å². The summed E-state index contributed by atoms with van der Waals surface area (Å²) in [4.78, 5) is 43.6. The number of nitrogens with one attached hydrogen (secondary N) is 2. The molecule has 4 aromatic rings. The van der Waals surface area contributed by atoms with Gasteiger partial charge < -0.3 is 30.5 Å². The number of amides is 3. The zero-order valence-corrected chi connectivity index (χ0v) is 27.7. The molecule has 0 aliphatic carbocycles. The minimum absolute atomic E-state index is 0.0723. The Kier molecular flexibility index (Phi) is 11.5. The summed E-state index contributed by atoms with van der Waals surface area (Å²) >= 11 is 0. The second-order valence-electron chi connectivity index (χ2n) is 12.8. The predicted octanol–water partition coefficient (Wildman–Crippen LogP) is 7.39. The van der Waals surface area contributed by atoms with E-state index in [9.17, 15) is 24.6 Å². The molecule has 0 fully saturated rings. The quantitative estimate of drug-likeness (QED) is 0.120. The van der Waals surface area contributed by atoms with Gasteiger partial charge >= 0.3 is 6.09 Å². The number of aryl methyl sites for hydroxylation is 1. The van der Waals surface area contributed by atoms with Gasteiger partial charge in [0, 0.05) is 18.7 Å². The summed E-state index contributed by atoms with van der Waals surface area (Å²) in [5, 5.41) is 27.9. The molecule has 0 spiro atoms. The molecule has 4 rings (SSSR count). The van der Waals surface area contributed by atoms with Gasteiger partial charge in [0.25, 0.3) is 5.91 Å². The monoisotopic (exact) mass is 639 g/mol. The molecular formula is C38H45N3O6. The van der Waals surface area contributed by atoms with Crippen LogP contribution in [0.15, 0.2) is 84.9 Å². The lowest BCUT2D eigenvalue weighted by molar-refractivity contribution is -0.140. The largest absolute Gasteiger partial charge is 0.508 e. The Balaban J connectivity index is 1.77. The summed E-state index contributed by atoms with van der Waals surface area (Å²) in [5.74, 6) is -0.755. The summed E-state index contributed by atoms with van der Waals surface area (Å²) < 4.78 is 5.52. The first-order valence-electron chi connectivity index (χ1n) is 16.0. The van der Waals surface area contributed by atoms with Crippen molar-refractivity contribution in [3.8, 4) is 11.5 Å². The standard InChI is InChI=1S/C38H45N3O6/c1-6-7-10-21-41(36(45)32(40-37(46)47-38(3,4)5)23-26-13-18-31(42)19-14-26)34(29-16-20-33(43)25(2)22-29)35(44)39-30-17-15-27-11-8-9-12-28(27)24-30/h8-9,11-20,22,24,32,34,42-43H,6-7,10,21,23H2,1-5H3,(H,39,44)(H,40,46). The second kappa shape index (κ2) is 15.5. The van der Waals surface area contributed by atoms with E-state index in [2.05, 4.69) is 17.6 Å². The number of carbonyl (C=O) groups is 3. The van der Waals surface area contributed by atoms with Gasteiger partial charge in [0.15, 0.2) is 0 Å². The number of phenols is 2. The number of aromatic hydroxyl groups is 2. The van der Waals surface area contributed by atoms with Crippen LogP contribution in [0, 0.1) is 6.92 Å². The molecule has 248 valence electrons. The first kappa shape index (κ1) is 34.8. The molecule has 2 atom stereocenters. The van der Waals surface area contributed by atoms with Crippen LogP contribution in [0.1, 0.15) is 69.7 Å². The maximum Gasteiger partial charge on any atom is 0.408 e. The molecule has 9 nitrogen and oxygen atoms in total. The smallest absolute Gasteiger partial charge is 0.408 e. The van der Waals surface area contributed by atoms with Crippen LogP contribution in [0.25, 0.3) is 10.8 Å². The van der Waals surface area contributed by atoms with Crippen molar-refractivity contribution < 1.29 is 29.3 Å². The number of fused-ring (bicyclic) bond motifs is 1. The van der Waals surface area contributed by atoms with Crippen molar-refractivity contribution in [2.24, 2.45) is 0 Å². The highest BCUT2D eigenvalue weighted by molar-refractivity contribution is 6.00. The van der Waals surface area contributed by atoms with Gasteiger partial charge in [0.2, 0.25) is 5.91 Å². The van der Waals surface area contributed by atoms with Crippen LogP contribution in [-0.2, 0) is 20.7 Å². The summed E-state index contributed by atoms with van der Waals surface area (Å²) in [6.07, 6.45) is 1.66. The third-order valence-corrected chi connectivity index (χ3v) is 7.76. The van der Waals surface area contributed by atoms with Gasteiger partial charge in [0.05, 0.1) is 0 Å². The van der Waals surface area contributed by atoms with E-state index >= 15 is 0 Å². The maximum atomic E-state index is 14.7. The fourth-order valence-corrected chi connectivity index (χ4v) is 5.42. The number of alkyl carbamates (subject to hydrolysis) is 1. The average molecular weight is 640 g/mol. The number of phenolic OH excluding ortho intramolecular Hbond substituents is 2. The molecule has 0 saturated carbocycles. The Labute approximate surface area is 276 Å². The van der Waals surface area contributed by atoms with Crippen molar-refractivity contribution in [1.29, 1.82) is 0 Å². The predicted molar refractivity (Wildman–Crippen MR) is 184 cm³/mol. The van der Waals surface area contributed by atoms with Crippen LogP contribution >= 0.6 is 0 Å². The molecule has 0 aliphatic rings. The van der Waals surface area contributed by atoms with E-state index < -0.39 is 35.6 Å². The van der Waals surface area contributed by atoms with Gasteiger partial charge in [-0.15, -0.1) is 0 Å². The highest BCUT2D eigenvalue weighted by atomic mass is 16.6. The van der Waals surface area contributed by atoms with E-state index in [1.807, 2.05) is 42.5 Å². The van der Waals surface area contributed by atoms with Crippen LogP contribution < -0.4 is 10.6 Å². The topological polar surface area (TPSA) is 128 Å². The summed E-state index contributed by atoms with van der Waals surface area (Å²) in [6.45, 7) is 9.24. The molecule has 0 bridgehead atoms. The number of anilines is 1. The van der Waals surface area contributed by atoms with Gasteiger partial charge in [-0.2, -0.15) is 0 Å². The zero-order valence-electron chi connectivity index (χ0n) is 27.7. The summed E-state index contributed by atoms with van der Waals surface area (Å²) in [5.41, 5.74) is 1.54. The fraction of sp³-hybridized carbons (Fsp3) is 0.342. The lowest BCUT2D eigenvalue weighted by atomic mass is 9.98. The van der Waals surface area contributed by atoms with Crippen molar-refractivity contribution in [3.63, 3.8) is 0 Å². The Morgan fingerprint density at radius 2 is 1.57 bits per heavy atom. The van der Waals surface area contributed by atoms with E-state index in [-0.39, 0.29) is 24.5 Å². The minimum Gasteiger partial charge on any atom is -0.508 e. The molecule has 3 amide bonds. The Morgan fingerprint density at radius 1 is 0.872 bits per heavy atom. The molecule has 0 radical (unpaired) electrons. The molecule has 2 unspecified atom stereocenters. The van der Waals surface area contributed by atoms with Crippen molar-refractivity contribution in [1.82, 2.24) is 10.2 Å². The zero-order chi connectivity index (χ0) is 34.1. The van der Waals surface area contributed by atoms with Crippen LogP contribution in [0.3, 0.4) is 0 Å². The maximum absolute atomic E-state index is 14.7. The third-order valence-electron chi connectivity index (χ3n) is 7.76. The Bertz CT molecular complexity index is 1700. The number of benzene rings is 4. The molecule has 0 aliphatic heterocycles. The number of hydrogen-bond donors (Lipinski definition) is 4. The molecule has 0 aromatic heterocycles. The highest BCUT2D eigenvalue weighted by Gasteiger charge is 2.36. The molecule has 47 heavy (non-hydrogen) atoms. The van der Waals surface area contributed by atoms with E-state index in [1.165, 1.54) is 23.1 Å². The number of rotatable bonds is 12. The second-order valence-corrected chi connectivity index (χ2v) is 12.8. The van der Waals surface area contributed by atoms with Crippen molar-refractivity contribution in [2.75, 3.05) is 11.9 Å². The first-order chi connectivity index (χ1) is 22.3. The van der Waals surface area contributed by atoms with Crippen molar-refractivity contribution in [3.05, 3.63) is 102 Å². The molecule has 0 saturated heterocycles. The van der Waals surface area contributed by atoms with Gasteiger partial charge in [-0.25, -0.2) is 4.79 Å². The normalized spacial score (nSPS) is 12.6. The van der Waals surface area contributed by atoms with Crippen molar-refractivity contribution in [2.45, 2.75) is 78.0 Å². The summed E-state index contributed by atoms with van der Waals surface area (Å²) in [7, 11) is 0. The fourth-order valence-electron chi connectivity index (χ4n) is 5.42. The number of nitrogens with zero attached hydrogens (tertiary/aromatic N) is 1. The summed E-state index contributed by atoms with van der Waals surface area (Å²) in [6, 6.07) is 22.5. The molecule has 4 aromatic carbocycles. The van der Waals surface area contributed by atoms with Crippen molar-refractivity contribution >= 4 is 34.4 Å². The van der Waals surface area contributed by atoms with Gasteiger partial charge in [-0.05, 0) is 98.0 Å².